The summed E-state index contributed by atoms with van der Waals surface area (Å²) in [6, 6.07) is 12.2. The molecular formula is C18H15FN2O4. The maximum atomic E-state index is 13.0. The van der Waals surface area contributed by atoms with Crippen molar-refractivity contribution in [3.8, 4) is 22.8 Å². The van der Waals surface area contributed by atoms with Crippen molar-refractivity contribution in [2.24, 2.45) is 0 Å². The zero-order chi connectivity index (χ0) is 17.8. The van der Waals surface area contributed by atoms with Gasteiger partial charge < -0.3 is 19.3 Å². The highest BCUT2D eigenvalue weighted by Gasteiger charge is 2.16. The SMILES string of the molecule is COc1ccc(OC)c(NC(=O)c2cc(-c3ccc(F)cc3)on2)c1. The molecule has 7 heteroatoms. The third kappa shape index (κ3) is 3.60. The van der Waals surface area contributed by atoms with E-state index in [1.54, 1.807) is 30.3 Å². The Bertz CT molecular complexity index is 890. The van der Waals surface area contributed by atoms with E-state index in [0.717, 1.165) is 0 Å². The predicted molar refractivity (Wildman–Crippen MR) is 89.4 cm³/mol. The van der Waals surface area contributed by atoms with Crippen LogP contribution in [0.3, 0.4) is 0 Å². The third-order valence-electron chi connectivity index (χ3n) is 3.53. The van der Waals surface area contributed by atoms with Crippen molar-refractivity contribution in [3.05, 3.63) is 60.0 Å². The highest BCUT2D eigenvalue weighted by Crippen LogP contribution is 2.29. The molecule has 3 aromatic rings. The molecule has 0 aliphatic carbocycles. The molecule has 0 bridgehead atoms. The zero-order valence-corrected chi connectivity index (χ0v) is 13.6. The monoisotopic (exact) mass is 342 g/mol. The van der Waals surface area contributed by atoms with E-state index >= 15 is 0 Å². The van der Waals surface area contributed by atoms with E-state index in [2.05, 4.69) is 10.5 Å². The van der Waals surface area contributed by atoms with Crippen LogP contribution in [0.2, 0.25) is 0 Å². The molecule has 1 aromatic heterocycles. The number of hydrogen-bond donors (Lipinski definition) is 1. The van der Waals surface area contributed by atoms with Gasteiger partial charge in [-0.15, -0.1) is 0 Å². The first kappa shape index (κ1) is 16.5. The highest BCUT2D eigenvalue weighted by molar-refractivity contribution is 6.04. The van der Waals surface area contributed by atoms with Crippen LogP contribution in [0.5, 0.6) is 11.5 Å². The van der Waals surface area contributed by atoms with Crippen LogP contribution < -0.4 is 14.8 Å². The van der Waals surface area contributed by atoms with Crippen molar-refractivity contribution < 1.29 is 23.2 Å². The number of nitrogens with one attached hydrogen (secondary N) is 1. The summed E-state index contributed by atoms with van der Waals surface area (Å²) in [4.78, 5) is 12.4. The number of hydrogen-bond acceptors (Lipinski definition) is 5. The fourth-order valence-electron chi connectivity index (χ4n) is 2.23. The van der Waals surface area contributed by atoms with Gasteiger partial charge in [-0.05, 0) is 36.4 Å². The average Bonchev–Trinajstić information content (AvgIpc) is 3.12. The molecule has 6 nitrogen and oxygen atoms in total. The van der Waals surface area contributed by atoms with Gasteiger partial charge in [-0.25, -0.2) is 4.39 Å². The van der Waals surface area contributed by atoms with Crippen LogP contribution in [-0.4, -0.2) is 25.3 Å². The second-order valence-electron chi connectivity index (χ2n) is 5.10. The minimum atomic E-state index is -0.469. The topological polar surface area (TPSA) is 73.6 Å². The number of rotatable bonds is 5. The van der Waals surface area contributed by atoms with E-state index < -0.39 is 5.91 Å². The maximum Gasteiger partial charge on any atom is 0.277 e. The second kappa shape index (κ2) is 7.04. The van der Waals surface area contributed by atoms with Crippen LogP contribution in [0.4, 0.5) is 10.1 Å². The molecule has 0 fully saturated rings. The fraction of sp³-hybridized carbons (Fsp3) is 0.111. The summed E-state index contributed by atoms with van der Waals surface area (Å²) in [5.74, 6) is 0.595. The number of anilines is 1. The largest absolute Gasteiger partial charge is 0.497 e. The summed E-state index contributed by atoms with van der Waals surface area (Å²) in [7, 11) is 3.03. The van der Waals surface area contributed by atoms with E-state index in [-0.39, 0.29) is 11.5 Å². The Hall–Kier alpha value is -3.35. The van der Waals surface area contributed by atoms with Crippen LogP contribution >= 0.6 is 0 Å². The first-order chi connectivity index (χ1) is 12.1. The number of ether oxygens (including phenoxy) is 2. The lowest BCUT2D eigenvalue weighted by Crippen LogP contribution is -2.13. The van der Waals surface area contributed by atoms with Crippen molar-refractivity contribution in [1.29, 1.82) is 0 Å². The molecule has 1 heterocycles. The Morgan fingerprint density at radius 3 is 2.52 bits per heavy atom. The minimum Gasteiger partial charge on any atom is -0.497 e. The Balaban J connectivity index is 1.81. The van der Waals surface area contributed by atoms with Crippen LogP contribution in [0.25, 0.3) is 11.3 Å². The lowest BCUT2D eigenvalue weighted by Gasteiger charge is -2.10. The number of carbonyl (C=O) groups excluding carboxylic acids is 1. The molecule has 0 aliphatic rings. The number of halogens is 1. The molecule has 25 heavy (non-hydrogen) atoms. The summed E-state index contributed by atoms with van der Waals surface area (Å²) < 4.78 is 28.5. The van der Waals surface area contributed by atoms with Crippen molar-refractivity contribution in [2.45, 2.75) is 0 Å². The van der Waals surface area contributed by atoms with Gasteiger partial charge in [-0.3, -0.25) is 4.79 Å². The standard InChI is InChI=1S/C18H15FN2O4/c1-23-13-7-8-16(24-2)14(9-13)20-18(22)15-10-17(25-21-15)11-3-5-12(19)6-4-11/h3-10H,1-2H3,(H,20,22). The zero-order valence-electron chi connectivity index (χ0n) is 13.6. The van der Waals surface area contributed by atoms with Crippen molar-refractivity contribution in [1.82, 2.24) is 5.16 Å². The van der Waals surface area contributed by atoms with Gasteiger partial charge in [0, 0.05) is 17.7 Å². The summed E-state index contributed by atoms with van der Waals surface area (Å²) in [6.07, 6.45) is 0. The van der Waals surface area contributed by atoms with Crippen molar-refractivity contribution >= 4 is 11.6 Å². The maximum absolute atomic E-state index is 13.0. The van der Waals surface area contributed by atoms with Gasteiger partial charge in [0.15, 0.2) is 11.5 Å². The van der Waals surface area contributed by atoms with Crippen molar-refractivity contribution in [3.63, 3.8) is 0 Å². The van der Waals surface area contributed by atoms with Gasteiger partial charge in [0.2, 0.25) is 0 Å². The van der Waals surface area contributed by atoms with Crippen LogP contribution in [0, 0.1) is 5.82 Å². The normalized spacial score (nSPS) is 10.4. The average molecular weight is 342 g/mol. The summed E-state index contributed by atoms with van der Waals surface area (Å²) in [6.45, 7) is 0. The first-order valence-electron chi connectivity index (χ1n) is 7.36. The van der Waals surface area contributed by atoms with Crippen LogP contribution in [0.1, 0.15) is 10.5 Å². The van der Waals surface area contributed by atoms with Gasteiger partial charge >= 0.3 is 0 Å². The molecule has 0 saturated heterocycles. The smallest absolute Gasteiger partial charge is 0.277 e. The van der Waals surface area contributed by atoms with E-state index in [4.69, 9.17) is 14.0 Å². The Morgan fingerprint density at radius 2 is 1.84 bits per heavy atom. The molecule has 0 spiro atoms. The van der Waals surface area contributed by atoms with Gasteiger partial charge in [-0.2, -0.15) is 0 Å². The van der Waals surface area contributed by atoms with E-state index in [1.807, 2.05) is 0 Å². The summed E-state index contributed by atoms with van der Waals surface area (Å²) in [5.41, 5.74) is 1.15. The quantitative estimate of drug-likeness (QED) is 0.764. The van der Waals surface area contributed by atoms with Gasteiger partial charge in [0.25, 0.3) is 5.91 Å². The molecule has 0 unspecified atom stereocenters. The fourth-order valence-corrected chi connectivity index (χ4v) is 2.23. The van der Waals surface area contributed by atoms with Crippen LogP contribution in [-0.2, 0) is 0 Å². The van der Waals surface area contributed by atoms with E-state index in [0.29, 0.717) is 28.5 Å². The molecule has 3 rings (SSSR count). The number of nitrogens with zero attached hydrogens (tertiary/aromatic N) is 1. The van der Waals surface area contributed by atoms with E-state index in [9.17, 15) is 9.18 Å². The molecule has 0 atom stereocenters. The Morgan fingerprint density at radius 1 is 1.08 bits per heavy atom. The Kier molecular flexibility index (Phi) is 4.65. The summed E-state index contributed by atoms with van der Waals surface area (Å²) >= 11 is 0. The molecule has 1 amide bonds. The Labute approximate surface area is 143 Å². The molecule has 128 valence electrons. The molecule has 2 aromatic carbocycles. The third-order valence-corrected chi connectivity index (χ3v) is 3.53. The summed E-state index contributed by atoms with van der Waals surface area (Å²) in [5, 5.41) is 6.46. The molecular weight excluding hydrogens is 327 g/mol. The van der Waals surface area contributed by atoms with Crippen LogP contribution in [0.15, 0.2) is 53.1 Å². The molecule has 0 saturated carbocycles. The van der Waals surface area contributed by atoms with E-state index in [1.165, 1.54) is 32.4 Å². The number of amides is 1. The number of aromatic nitrogens is 1. The first-order valence-corrected chi connectivity index (χ1v) is 7.36. The van der Waals surface area contributed by atoms with Gasteiger partial charge in [0.05, 0.1) is 19.9 Å². The minimum absolute atomic E-state index is 0.0872. The number of carbonyl (C=O) groups is 1. The number of methoxy groups -OCH3 is 2. The lowest BCUT2D eigenvalue weighted by atomic mass is 10.1. The predicted octanol–water partition coefficient (Wildman–Crippen LogP) is 3.75. The molecule has 1 N–H and O–H groups in total. The van der Waals surface area contributed by atoms with Crippen molar-refractivity contribution in [2.75, 3.05) is 19.5 Å². The lowest BCUT2D eigenvalue weighted by molar-refractivity contribution is 0.101. The molecule has 0 aliphatic heterocycles. The van der Waals surface area contributed by atoms with Gasteiger partial charge in [0.1, 0.15) is 17.3 Å². The second-order valence-corrected chi connectivity index (χ2v) is 5.10. The van der Waals surface area contributed by atoms with Gasteiger partial charge in [-0.1, -0.05) is 5.16 Å². The molecule has 0 radical (unpaired) electrons. The highest BCUT2D eigenvalue weighted by atomic mass is 19.1. The number of benzene rings is 2.